The van der Waals surface area contributed by atoms with E-state index in [-0.39, 0.29) is 12.2 Å². The van der Waals surface area contributed by atoms with Crippen molar-refractivity contribution in [1.82, 2.24) is 0 Å². The van der Waals surface area contributed by atoms with Gasteiger partial charge in [0.15, 0.2) is 5.82 Å². The molecule has 1 aromatic rings. The van der Waals surface area contributed by atoms with Crippen LogP contribution in [0.3, 0.4) is 0 Å². The number of hydrogen-bond donors (Lipinski definition) is 3. The average Bonchev–Trinajstić information content (AvgIpc) is 2.36. The van der Waals surface area contributed by atoms with Crippen molar-refractivity contribution in [2.24, 2.45) is 0 Å². The lowest BCUT2D eigenvalue weighted by Gasteiger charge is -2.23. The summed E-state index contributed by atoms with van der Waals surface area (Å²) in [5, 5.41) is 32.2. The van der Waals surface area contributed by atoms with E-state index in [0.29, 0.717) is 11.8 Å². The molecule has 0 aromatic heterocycles. The molecule has 9 heteroatoms. The van der Waals surface area contributed by atoms with Crippen molar-refractivity contribution in [3.8, 4) is 0 Å². The Bertz CT molecular complexity index is 565. The average molecular weight is 318 g/mol. The van der Waals surface area contributed by atoms with Crippen molar-refractivity contribution in [1.29, 1.82) is 0 Å². The Hall–Kier alpha value is -1.87. The molecule has 0 fully saturated rings. The third kappa shape index (κ3) is 4.57. The van der Waals surface area contributed by atoms with Crippen LogP contribution in [0.5, 0.6) is 0 Å². The van der Waals surface area contributed by atoms with E-state index >= 15 is 0 Å². The molecule has 0 saturated carbocycles. The fourth-order valence-corrected chi connectivity index (χ4v) is 2.39. The fraction of sp³-hybridized carbons (Fsp3) is 0.417. The number of aromatic carboxylic acids is 1. The van der Waals surface area contributed by atoms with Crippen LogP contribution in [0.25, 0.3) is 0 Å². The first-order valence-corrected chi connectivity index (χ1v) is 7.24. The number of carboxylic acids is 1. The molecule has 0 amide bonds. The Morgan fingerprint density at radius 1 is 1.57 bits per heavy atom. The molecule has 0 spiro atoms. The lowest BCUT2D eigenvalue weighted by Crippen LogP contribution is -2.36. The van der Waals surface area contributed by atoms with Crippen molar-refractivity contribution in [3.05, 3.63) is 33.6 Å². The fourth-order valence-electron chi connectivity index (χ4n) is 1.67. The highest BCUT2D eigenvalue weighted by molar-refractivity contribution is 7.98. The number of anilines is 1. The van der Waals surface area contributed by atoms with Gasteiger partial charge in [-0.1, -0.05) is 0 Å². The zero-order valence-corrected chi connectivity index (χ0v) is 12.2. The molecule has 0 bridgehead atoms. The molecule has 0 aliphatic rings. The van der Waals surface area contributed by atoms with Gasteiger partial charge < -0.3 is 15.5 Å². The highest BCUT2D eigenvalue weighted by Crippen LogP contribution is 2.26. The number of rotatable bonds is 7. The lowest BCUT2D eigenvalue weighted by molar-refractivity contribution is -0.385. The van der Waals surface area contributed by atoms with E-state index in [1.54, 1.807) is 6.26 Å². The summed E-state index contributed by atoms with van der Waals surface area (Å²) in [6, 6.07) is 1.40. The van der Waals surface area contributed by atoms with Gasteiger partial charge in [0.25, 0.3) is 5.69 Å². The molecule has 1 unspecified atom stereocenters. The van der Waals surface area contributed by atoms with Gasteiger partial charge in [-0.15, -0.1) is 0 Å². The normalized spacial score (nSPS) is 13.5. The summed E-state index contributed by atoms with van der Waals surface area (Å²) in [4.78, 5) is 20.7. The quantitative estimate of drug-likeness (QED) is 0.520. The summed E-state index contributed by atoms with van der Waals surface area (Å²) in [6.07, 6.45) is 1.80. The number of carboxylic acid groups (broad SMARTS) is 1. The van der Waals surface area contributed by atoms with E-state index in [1.807, 2.05) is 0 Å². The maximum absolute atomic E-state index is 13.8. The highest BCUT2D eigenvalue weighted by atomic mass is 32.2. The Kier molecular flexibility index (Phi) is 5.50. The Balaban J connectivity index is 3.07. The van der Waals surface area contributed by atoms with Crippen LogP contribution >= 0.6 is 11.8 Å². The van der Waals surface area contributed by atoms with Crippen LogP contribution in [0.4, 0.5) is 15.8 Å². The summed E-state index contributed by atoms with van der Waals surface area (Å²) < 4.78 is 13.8. The molecule has 7 nitrogen and oxygen atoms in total. The predicted molar refractivity (Wildman–Crippen MR) is 77.5 cm³/mol. The van der Waals surface area contributed by atoms with Crippen LogP contribution in [0.2, 0.25) is 0 Å². The van der Waals surface area contributed by atoms with Gasteiger partial charge in [0, 0.05) is 12.3 Å². The number of aliphatic hydroxyl groups is 1. The molecule has 1 atom stereocenters. The Morgan fingerprint density at radius 3 is 2.67 bits per heavy atom. The zero-order valence-electron chi connectivity index (χ0n) is 11.4. The minimum atomic E-state index is -1.53. The number of nitrogens with one attached hydrogen (secondary N) is 1. The molecule has 116 valence electrons. The van der Waals surface area contributed by atoms with Gasteiger partial charge >= 0.3 is 5.97 Å². The monoisotopic (exact) mass is 318 g/mol. The van der Waals surface area contributed by atoms with E-state index in [4.69, 9.17) is 5.11 Å². The molecule has 1 rings (SSSR count). The SMILES string of the molecule is CSCC(C)(O)CNc1cc(C(=O)O)c([N+](=O)[O-])cc1F. The van der Waals surface area contributed by atoms with Gasteiger partial charge in [-0.25, -0.2) is 9.18 Å². The summed E-state index contributed by atoms with van der Waals surface area (Å²) in [7, 11) is 0. The van der Waals surface area contributed by atoms with Crippen LogP contribution in [0.1, 0.15) is 17.3 Å². The topological polar surface area (TPSA) is 113 Å². The second-order valence-electron chi connectivity index (χ2n) is 4.69. The van der Waals surface area contributed by atoms with Crippen LogP contribution in [0, 0.1) is 15.9 Å². The van der Waals surface area contributed by atoms with Gasteiger partial charge in [-0.2, -0.15) is 11.8 Å². The van der Waals surface area contributed by atoms with Crippen molar-refractivity contribution in [2.45, 2.75) is 12.5 Å². The number of carbonyl (C=O) groups is 1. The number of thioether (sulfide) groups is 1. The molecule has 0 saturated heterocycles. The molecule has 1 aromatic carbocycles. The van der Waals surface area contributed by atoms with E-state index in [9.17, 15) is 24.4 Å². The second kappa shape index (κ2) is 6.72. The molecular formula is C12H15FN2O5S. The summed E-state index contributed by atoms with van der Waals surface area (Å²) in [5.41, 5.74) is -2.77. The molecule has 0 aliphatic carbocycles. The molecular weight excluding hydrogens is 303 g/mol. The number of nitrogens with zero attached hydrogens (tertiary/aromatic N) is 1. The highest BCUT2D eigenvalue weighted by Gasteiger charge is 2.25. The first-order chi connectivity index (χ1) is 9.68. The van der Waals surface area contributed by atoms with Crippen molar-refractivity contribution in [3.63, 3.8) is 0 Å². The third-order valence-corrected chi connectivity index (χ3v) is 3.54. The Morgan fingerprint density at radius 2 is 2.19 bits per heavy atom. The minimum absolute atomic E-state index is 0.0262. The number of halogens is 1. The molecule has 0 radical (unpaired) electrons. The van der Waals surface area contributed by atoms with Gasteiger partial charge in [0.2, 0.25) is 0 Å². The van der Waals surface area contributed by atoms with Crippen LogP contribution in [0.15, 0.2) is 12.1 Å². The molecule has 3 N–H and O–H groups in total. The first kappa shape index (κ1) is 17.2. The standard InChI is InChI=1S/C12H15FN2O5S/c1-12(18,6-21-2)5-14-9-3-7(11(16)17)10(15(19)20)4-8(9)13/h3-4,14,18H,5-6H2,1-2H3,(H,16,17). The number of benzene rings is 1. The molecule has 21 heavy (non-hydrogen) atoms. The van der Waals surface area contributed by atoms with Crippen molar-refractivity contribution in [2.75, 3.05) is 23.9 Å². The molecule has 0 aliphatic heterocycles. The summed E-state index contributed by atoms with van der Waals surface area (Å²) in [6.45, 7) is 1.51. The predicted octanol–water partition coefficient (Wildman–Crippen LogP) is 1.96. The smallest absolute Gasteiger partial charge is 0.342 e. The van der Waals surface area contributed by atoms with Crippen molar-refractivity contribution >= 4 is 29.1 Å². The van der Waals surface area contributed by atoms with Crippen LogP contribution in [-0.4, -0.2) is 45.3 Å². The zero-order chi connectivity index (χ0) is 16.2. The van der Waals surface area contributed by atoms with E-state index in [0.717, 1.165) is 6.07 Å². The lowest BCUT2D eigenvalue weighted by atomic mass is 10.1. The number of nitro benzene ring substituents is 1. The third-order valence-electron chi connectivity index (χ3n) is 2.63. The largest absolute Gasteiger partial charge is 0.477 e. The summed E-state index contributed by atoms with van der Waals surface area (Å²) >= 11 is 1.40. The van der Waals surface area contributed by atoms with Crippen LogP contribution < -0.4 is 5.32 Å². The number of nitro groups is 1. The van der Waals surface area contributed by atoms with Crippen molar-refractivity contribution < 1.29 is 24.3 Å². The van der Waals surface area contributed by atoms with Gasteiger partial charge in [0.1, 0.15) is 5.56 Å². The summed E-state index contributed by atoms with van der Waals surface area (Å²) in [5.74, 6) is -2.09. The van der Waals surface area contributed by atoms with Crippen LogP contribution in [-0.2, 0) is 0 Å². The Labute approximate surface area is 124 Å². The maximum Gasteiger partial charge on any atom is 0.342 e. The maximum atomic E-state index is 13.8. The second-order valence-corrected chi connectivity index (χ2v) is 5.56. The molecule has 0 heterocycles. The van der Waals surface area contributed by atoms with Gasteiger partial charge in [-0.3, -0.25) is 10.1 Å². The van der Waals surface area contributed by atoms with E-state index in [2.05, 4.69) is 5.32 Å². The van der Waals surface area contributed by atoms with Gasteiger partial charge in [0.05, 0.1) is 22.3 Å². The van der Waals surface area contributed by atoms with E-state index < -0.39 is 33.6 Å². The minimum Gasteiger partial charge on any atom is -0.477 e. The number of hydrogen-bond acceptors (Lipinski definition) is 6. The van der Waals surface area contributed by atoms with E-state index in [1.165, 1.54) is 18.7 Å². The van der Waals surface area contributed by atoms with Gasteiger partial charge in [-0.05, 0) is 19.2 Å². The first-order valence-electron chi connectivity index (χ1n) is 5.84.